The van der Waals surface area contributed by atoms with Crippen molar-refractivity contribution in [3.8, 4) is 5.75 Å². The van der Waals surface area contributed by atoms with E-state index in [9.17, 15) is 9.59 Å². The number of methoxy groups -OCH3 is 2. The van der Waals surface area contributed by atoms with Crippen molar-refractivity contribution in [2.45, 2.75) is 39.0 Å². The van der Waals surface area contributed by atoms with Crippen LogP contribution in [0.3, 0.4) is 0 Å². The Kier molecular flexibility index (Phi) is 6.87. The van der Waals surface area contributed by atoms with Gasteiger partial charge in [-0.2, -0.15) is 0 Å². The predicted octanol–water partition coefficient (Wildman–Crippen LogP) is 1.88. The number of rotatable bonds is 8. The minimum Gasteiger partial charge on any atom is -0.497 e. The molecule has 1 aliphatic rings. The maximum absolute atomic E-state index is 12.7. The van der Waals surface area contributed by atoms with E-state index in [4.69, 9.17) is 9.47 Å². The van der Waals surface area contributed by atoms with Crippen LogP contribution in [0.4, 0.5) is 5.95 Å². The molecule has 1 saturated heterocycles. The Hall–Kier alpha value is -2.87. The average molecular weight is 400 g/mol. The van der Waals surface area contributed by atoms with E-state index in [-0.39, 0.29) is 30.7 Å². The minimum atomic E-state index is -0.249. The van der Waals surface area contributed by atoms with Crippen LogP contribution in [-0.4, -0.2) is 42.8 Å². The van der Waals surface area contributed by atoms with Crippen molar-refractivity contribution in [1.29, 1.82) is 0 Å². The van der Waals surface area contributed by atoms with Gasteiger partial charge >= 0.3 is 0 Å². The van der Waals surface area contributed by atoms with Gasteiger partial charge in [0.1, 0.15) is 12.3 Å². The van der Waals surface area contributed by atoms with Gasteiger partial charge in [-0.1, -0.05) is 12.1 Å². The maximum atomic E-state index is 12.7. The van der Waals surface area contributed by atoms with Gasteiger partial charge in [0.2, 0.25) is 11.9 Å². The van der Waals surface area contributed by atoms with Gasteiger partial charge in [0.15, 0.2) is 0 Å². The fourth-order valence-corrected chi connectivity index (χ4v) is 3.48. The summed E-state index contributed by atoms with van der Waals surface area (Å²) in [5, 5.41) is 2.96. The third-order valence-corrected chi connectivity index (χ3v) is 5.02. The van der Waals surface area contributed by atoms with Crippen molar-refractivity contribution in [1.82, 2.24) is 14.9 Å². The van der Waals surface area contributed by atoms with Crippen molar-refractivity contribution in [2.24, 2.45) is 0 Å². The number of anilines is 1. The van der Waals surface area contributed by atoms with Crippen molar-refractivity contribution in [3.05, 3.63) is 51.9 Å². The van der Waals surface area contributed by atoms with E-state index in [2.05, 4.69) is 15.2 Å². The summed E-state index contributed by atoms with van der Waals surface area (Å²) < 4.78 is 11.7. The van der Waals surface area contributed by atoms with Gasteiger partial charge in [0.05, 0.1) is 25.5 Å². The lowest BCUT2D eigenvalue weighted by molar-refractivity contribution is -0.122. The number of amides is 1. The van der Waals surface area contributed by atoms with Crippen molar-refractivity contribution in [2.75, 3.05) is 32.2 Å². The summed E-state index contributed by atoms with van der Waals surface area (Å²) in [5.41, 5.74) is 1.28. The molecule has 0 radical (unpaired) electrons. The van der Waals surface area contributed by atoms with E-state index in [1.807, 2.05) is 31.2 Å². The van der Waals surface area contributed by atoms with Gasteiger partial charge in [-0.15, -0.1) is 0 Å². The van der Waals surface area contributed by atoms with Gasteiger partial charge < -0.3 is 19.7 Å². The number of hydrogen-bond acceptors (Lipinski definition) is 6. The molecule has 1 N–H and O–H groups in total. The first kappa shape index (κ1) is 20.9. The first-order valence-electron chi connectivity index (χ1n) is 9.79. The largest absolute Gasteiger partial charge is 0.497 e. The van der Waals surface area contributed by atoms with Gasteiger partial charge in [-0.05, 0) is 37.5 Å². The van der Waals surface area contributed by atoms with Crippen LogP contribution in [0, 0.1) is 0 Å². The summed E-state index contributed by atoms with van der Waals surface area (Å²) in [7, 11) is 3.18. The molecule has 2 heterocycles. The van der Waals surface area contributed by atoms with Crippen LogP contribution < -0.4 is 20.5 Å². The molecule has 0 aliphatic carbocycles. The Morgan fingerprint density at radius 2 is 1.90 bits per heavy atom. The number of ether oxygens (including phenoxy) is 2. The molecule has 0 unspecified atom stereocenters. The third-order valence-electron chi connectivity index (χ3n) is 5.02. The fourth-order valence-electron chi connectivity index (χ4n) is 3.48. The number of benzene rings is 1. The van der Waals surface area contributed by atoms with Crippen LogP contribution in [-0.2, 0) is 22.7 Å². The summed E-state index contributed by atoms with van der Waals surface area (Å²) in [6.07, 6.45) is 2.09. The summed E-state index contributed by atoms with van der Waals surface area (Å²) in [6, 6.07) is 8.77. The first-order chi connectivity index (χ1) is 14.0. The molecular formula is C21H28N4O4. The third kappa shape index (κ3) is 5.14. The highest BCUT2D eigenvalue weighted by molar-refractivity contribution is 5.76. The SMILES string of the molecule is COCc1cc(=O)n(CC(=O)N[C@@H](C)c2ccc(OC)cc2)c(N2CCCC2)n1. The van der Waals surface area contributed by atoms with E-state index < -0.39 is 0 Å². The molecule has 156 valence electrons. The lowest BCUT2D eigenvalue weighted by atomic mass is 10.1. The van der Waals surface area contributed by atoms with E-state index in [1.165, 1.54) is 10.6 Å². The monoisotopic (exact) mass is 400 g/mol. The number of carbonyl (C=O) groups is 1. The molecule has 0 bridgehead atoms. The second-order valence-electron chi connectivity index (χ2n) is 7.16. The first-order valence-corrected chi connectivity index (χ1v) is 9.79. The van der Waals surface area contributed by atoms with Crippen LogP contribution in [0.1, 0.15) is 37.1 Å². The smallest absolute Gasteiger partial charge is 0.255 e. The fraction of sp³-hybridized carbons (Fsp3) is 0.476. The summed E-state index contributed by atoms with van der Waals surface area (Å²) in [5.74, 6) is 1.06. The molecule has 1 aliphatic heterocycles. The Morgan fingerprint density at radius 1 is 1.21 bits per heavy atom. The molecule has 29 heavy (non-hydrogen) atoms. The minimum absolute atomic E-state index is 0.0780. The quantitative estimate of drug-likeness (QED) is 0.728. The second-order valence-corrected chi connectivity index (χ2v) is 7.16. The number of nitrogens with one attached hydrogen (secondary N) is 1. The summed E-state index contributed by atoms with van der Waals surface area (Å²) in [6.45, 7) is 3.74. The molecule has 8 heteroatoms. The number of carbonyl (C=O) groups excluding carboxylic acids is 1. The molecule has 1 atom stereocenters. The molecule has 8 nitrogen and oxygen atoms in total. The maximum Gasteiger partial charge on any atom is 0.255 e. The lowest BCUT2D eigenvalue weighted by Crippen LogP contribution is -2.37. The summed E-state index contributed by atoms with van der Waals surface area (Å²) >= 11 is 0. The highest BCUT2D eigenvalue weighted by Crippen LogP contribution is 2.19. The molecule has 1 amide bonds. The van der Waals surface area contributed by atoms with E-state index in [0.717, 1.165) is 37.2 Å². The second kappa shape index (κ2) is 9.56. The van der Waals surface area contributed by atoms with E-state index in [0.29, 0.717) is 11.6 Å². The Morgan fingerprint density at radius 3 is 2.52 bits per heavy atom. The van der Waals surface area contributed by atoms with Crippen LogP contribution in [0.15, 0.2) is 35.1 Å². The Bertz CT molecular complexity index is 889. The van der Waals surface area contributed by atoms with Gasteiger partial charge in [-0.3, -0.25) is 14.2 Å². The molecule has 0 spiro atoms. The normalized spacial score (nSPS) is 14.7. The molecular weight excluding hydrogens is 372 g/mol. The zero-order valence-corrected chi connectivity index (χ0v) is 17.2. The number of hydrogen-bond donors (Lipinski definition) is 1. The highest BCUT2D eigenvalue weighted by atomic mass is 16.5. The molecule has 3 rings (SSSR count). The van der Waals surface area contributed by atoms with E-state index >= 15 is 0 Å². The molecule has 1 aromatic carbocycles. The Labute approximate surface area is 170 Å². The zero-order valence-electron chi connectivity index (χ0n) is 17.2. The average Bonchev–Trinajstić information content (AvgIpc) is 3.24. The lowest BCUT2D eigenvalue weighted by Gasteiger charge is -2.22. The van der Waals surface area contributed by atoms with Crippen LogP contribution in [0.25, 0.3) is 0 Å². The van der Waals surface area contributed by atoms with Crippen molar-refractivity contribution < 1.29 is 14.3 Å². The topological polar surface area (TPSA) is 85.7 Å². The van der Waals surface area contributed by atoms with Gasteiger partial charge in [0, 0.05) is 26.3 Å². The van der Waals surface area contributed by atoms with Crippen molar-refractivity contribution >= 4 is 11.9 Å². The molecule has 0 saturated carbocycles. The number of aromatic nitrogens is 2. The van der Waals surface area contributed by atoms with Crippen LogP contribution in [0.5, 0.6) is 5.75 Å². The van der Waals surface area contributed by atoms with Crippen LogP contribution in [0.2, 0.25) is 0 Å². The Balaban J connectivity index is 1.77. The van der Waals surface area contributed by atoms with Crippen LogP contribution >= 0.6 is 0 Å². The molecule has 2 aromatic rings. The summed E-state index contributed by atoms with van der Waals surface area (Å²) in [4.78, 5) is 32.0. The highest BCUT2D eigenvalue weighted by Gasteiger charge is 2.21. The van der Waals surface area contributed by atoms with E-state index in [1.54, 1.807) is 14.2 Å². The molecule has 1 fully saturated rings. The predicted molar refractivity (Wildman–Crippen MR) is 110 cm³/mol. The zero-order chi connectivity index (χ0) is 20.8. The van der Waals surface area contributed by atoms with Gasteiger partial charge in [0.25, 0.3) is 5.56 Å². The van der Waals surface area contributed by atoms with Gasteiger partial charge in [-0.25, -0.2) is 4.98 Å². The number of nitrogens with zero attached hydrogens (tertiary/aromatic N) is 3. The standard InChI is InChI=1S/C21H28N4O4/c1-15(16-6-8-18(29-3)9-7-16)22-19(26)13-25-20(27)12-17(14-28-2)23-21(25)24-10-4-5-11-24/h6-9,12,15H,4-5,10-11,13-14H2,1-3H3,(H,22,26)/t15-/m0/s1. The van der Waals surface area contributed by atoms with Crippen molar-refractivity contribution in [3.63, 3.8) is 0 Å². The molecule has 1 aromatic heterocycles.